The minimum atomic E-state index is -0.0116. The number of hydrogen-bond acceptors (Lipinski definition) is 3. The van der Waals surface area contributed by atoms with Gasteiger partial charge in [0, 0.05) is 39.1 Å². The van der Waals surface area contributed by atoms with E-state index >= 15 is 0 Å². The van der Waals surface area contributed by atoms with Gasteiger partial charge in [-0.15, -0.1) is 0 Å². The molecule has 0 aliphatic carbocycles. The predicted molar refractivity (Wildman–Crippen MR) is 57.5 cm³/mol. The molecule has 1 fully saturated rings. The highest BCUT2D eigenvalue weighted by molar-refractivity contribution is 5.09. The number of aryl methyl sites for hydroxylation is 1. The molecule has 0 spiro atoms. The Morgan fingerprint density at radius 3 is 3.13 bits per heavy atom. The highest BCUT2D eigenvalue weighted by Crippen LogP contribution is 2.10. The number of rotatable bonds is 3. The van der Waals surface area contributed by atoms with Crippen LogP contribution in [0.2, 0.25) is 0 Å². The summed E-state index contributed by atoms with van der Waals surface area (Å²) in [6.07, 6.45) is 4.17. The van der Waals surface area contributed by atoms with E-state index in [0.29, 0.717) is 0 Å². The molecule has 1 aromatic rings. The summed E-state index contributed by atoms with van der Waals surface area (Å²) < 4.78 is 7.46. The van der Waals surface area contributed by atoms with Crippen LogP contribution in [-0.4, -0.2) is 47.0 Å². The molecule has 1 saturated heterocycles. The average Bonchev–Trinajstić information content (AvgIpc) is 2.64. The fourth-order valence-electron chi connectivity index (χ4n) is 1.95. The van der Waals surface area contributed by atoms with Gasteiger partial charge < -0.3 is 14.4 Å². The molecule has 4 heteroatoms. The first-order chi connectivity index (χ1) is 7.28. The fourth-order valence-corrected chi connectivity index (χ4v) is 1.95. The van der Waals surface area contributed by atoms with Crippen LogP contribution in [0.25, 0.3) is 0 Å². The molecule has 0 aromatic carbocycles. The maximum Gasteiger partial charge on any atom is 0.0933 e. The van der Waals surface area contributed by atoms with Crippen LogP contribution in [0.15, 0.2) is 18.5 Å². The van der Waals surface area contributed by atoms with Crippen molar-refractivity contribution in [2.75, 3.05) is 26.3 Å². The predicted octanol–water partition coefficient (Wildman–Crippen LogP) is 0.218. The van der Waals surface area contributed by atoms with Gasteiger partial charge in [0.1, 0.15) is 0 Å². The lowest BCUT2D eigenvalue weighted by Gasteiger charge is -2.31. The van der Waals surface area contributed by atoms with Gasteiger partial charge in [-0.2, -0.15) is 0 Å². The van der Waals surface area contributed by atoms with Crippen LogP contribution in [-0.2, 0) is 18.3 Å². The molecular weight excluding hydrogens is 192 g/mol. The van der Waals surface area contributed by atoms with E-state index in [-0.39, 0.29) is 12.7 Å². The van der Waals surface area contributed by atoms with Crippen molar-refractivity contribution in [3.63, 3.8) is 0 Å². The van der Waals surface area contributed by atoms with Crippen molar-refractivity contribution in [2.45, 2.75) is 12.6 Å². The topological polar surface area (TPSA) is 37.6 Å². The molecular formula is C11H18N2O2. The third-order valence-corrected chi connectivity index (χ3v) is 2.73. The van der Waals surface area contributed by atoms with Gasteiger partial charge in [-0.25, -0.2) is 0 Å². The standard InChI is InChI=1S/C11H18N2O2/c1-12-3-2-10(6-12)7-13-4-5-15-11(8-13)9-14/h2-3,6,11,14H,4-5,7-9H2,1H3. The Balaban J connectivity index is 1.88. The quantitative estimate of drug-likeness (QED) is 0.775. The lowest BCUT2D eigenvalue weighted by molar-refractivity contribution is -0.0551. The number of hydrogen-bond donors (Lipinski definition) is 1. The molecule has 1 atom stereocenters. The Labute approximate surface area is 90.1 Å². The second kappa shape index (κ2) is 4.79. The number of morpholine rings is 1. The molecule has 84 valence electrons. The Hall–Kier alpha value is -0.840. The number of aliphatic hydroxyl groups excluding tert-OH is 1. The van der Waals surface area contributed by atoms with Crippen molar-refractivity contribution >= 4 is 0 Å². The lowest BCUT2D eigenvalue weighted by Crippen LogP contribution is -2.43. The largest absolute Gasteiger partial charge is 0.394 e. The molecule has 1 aromatic heterocycles. The maximum atomic E-state index is 9.02. The van der Waals surface area contributed by atoms with Gasteiger partial charge in [0.15, 0.2) is 0 Å². The Morgan fingerprint density at radius 2 is 2.47 bits per heavy atom. The molecule has 2 rings (SSSR count). The van der Waals surface area contributed by atoms with Gasteiger partial charge in [0.25, 0.3) is 0 Å². The van der Waals surface area contributed by atoms with Crippen LogP contribution in [0.3, 0.4) is 0 Å². The number of aliphatic hydroxyl groups is 1. The molecule has 1 N–H and O–H groups in total. The zero-order valence-electron chi connectivity index (χ0n) is 9.09. The van der Waals surface area contributed by atoms with Gasteiger partial charge in [0.05, 0.1) is 19.3 Å². The first-order valence-corrected chi connectivity index (χ1v) is 5.33. The summed E-state index contributed by atoms with van der Waals surface area (Å²) in [5.74, 6) is 0. The van der Waals surface area contributed by atoms with Crippen LogP contribution < -0.4 is 0 Å². The van der Waals surface area contributed by atoms with E-state index in [2.05, 4.69) is 27.9 Å². The van der Waals surface area contributed by atoms with E-state index in [0.717, 1.165) is 26.2 Å². The van der Waals surface area contributed by atoms with Gasteiger partial charge >= 0.3 is 0 Å². The SMILES string of the molecule is Cn1ccc(CN2CCOC(CO)C2)c1. The van der Waals surface area contributed by atoms with Crippen LogP contribution >= 0.6 is 0 Å². The second-order valence-corrected chi connectivity index (χ2v) is 4.10. The highest BCUT2D eigenvalue weighted by atomic mass is 16.5. The third-order valence-electron chi connectivity index (χ3n) is 2.73. The van der Waals surface area contributed by atoms with E-state index in [1.807, 2.05) is 7.05 Å². The monoisotopic (exact) mass is 210 g/mol. The lowest BCUT2D eigenvalue weighted by atomic mass is 10.2. The van der Waals surface area contributed by atoms with Crippen molar-refractivity contribution in [1.29, 1.82) is 0 Å². The average molecular weight is 210 g/mol. The van der Waals surface area contributed by atoms with E-state index < -0.39 is 0 Å². The number of ether oxygens (including phenoxy) is 1. The Kier molecular flexibility index (Phi) is 3.41. The molecule has 1 aliphatic rings. The molecule has 1 unspecified atom stereocenters. The van der Waals surface area contributed by atoms with Gasteiger partial charge in [-0.3, -0.25) is 4.90 Å². The smallest absolute Gasteiger partial charge is 0.0933 e. The van der Waals surface area contributed by atoms with Crippen molar-refractivity contribution in [2.24, 2.45) is 7.05 Å². The van der Waals surface area contributed by atoms with Crippen molar-refractivity contribution in [1.82, 2.24) is 9.47 Å². The number of aromatic nitrogens is 1. The summed E-state index contributed by atoms with van der Waals surface area (Å²) in [4.78, 5) is 2.32. The minimum Gasteiger partial charge on any atom is -0.394 e. The summed E-state index contributed by atoms with van der Waals surface area (Å²) in [6.45, 7) is 3.56. The maximum absolute atomic E-state index is 9.02. The van der Waals surface area contributed by atoms with Crippen LogP contribution in [0.1, 0.15) is 5.56 Å². The second-order valence-electron chi connectivity index (χ2n) is 4.10. The molecule has 0 amide bonds. The molecule has 15 heavy (non-hydrogen) atoms. The van der Waals surface area contributed by atoms with E-state index in [4.69, 9.17) is 9.84 Å². The zero-order chi connectivity index (χ0) is 10.7. The van der Waals surface area contributed by atoms with Crippen LogP contribution in [0, 0.1) is 0 Å². The molecule has 0 radical (unpaired) electrons. The molecule has 1 aliphatic heterocycles. The van der Waals surface area contributed by atoms with Gasteiger partial charge in [-0.05, 0) is 11.6 Å². The zero-order valence-corrected chi connectivity index (χ0v) is 9.09. The van der Waals surface area contributed by atoms with E-state index in [1.54, 1.807) is 0 Å². The normalized spacial score (nSPS) is 23.2. The Morgan fingerprint density at radius 1 is 1.60 bits per heavy atom. The molecule has 4 nitrogen and oxygen atoms in total. The fraction of sp³-hybridized carbons (Fsp3) is 0.636. The molecule has 0 saturated carbocycles. The number of nitrogens with zero attached hydrogens (tertiary/aromatic N) is 2. The summed E-state index contributed by atoms with van der Waals surface area (Å²) in [5.41, 5.74) is 1.32. The van der Waals surface area contributed by atoms with Crippen molar-refractivity contribution < 1.29 is 9.84 Å². The summed E-state index contributed by atoms with van der Waals surface area (Å²) >= 11 is 0. The van der Waals surface area contributed by atoms with Crippen LogP contribution in [0.4, 0.5) is 0 Å². The highest BCUT2D eigenvalue weighted by Gasteiger charge is 2.19. The Bertz CT molecular complexity index is 311. The first kappa shape index (κ1) is 10.7. The summed E-state index contributed by atoms with van der Waals surface area (Å²) in [7, 11) is 2.03. The summed E-state index contributed by atoms with van der Waals surface area (Å²) in [6, 6.07) is 2.13. The minimum absolute atomic E-state index is 0.0116. The van der Waals surface area contributed by atoms with E-state index in [1.165, 1.54) is 5.56 Å². The van der Waals surface area contributed by atoms with Gasteiger partial charge in [-0.1, -0.05) is 0 Å². The van der Waals surface area contributed by atoms with Gasteiger partial charge in [0.2, 0.25) is 0 Å². The van der Waals surface area contributed by atoms with Crippen molar-refractivity contribution in [3.05, 3.63) is 24.0 Å². The third kappa shape index (κ3) is 2.81. The first-order valence-electron chi connectivity index (χ1n) is 5.33. The summed E-state index contributed by atoms with van der Waals surface area (Å²) in [5, 5.41) is 9.02. The van der Waals surface area contributed by atoms with Crippen molar-refractivity contribution in [3.8, 4) is 0 Å². The van der Waals surface area contributed by atoms with E-state index in [9.17, 15) is 0 Å². The molecule has 0 bridgehead atoms. The molecule has 2 heterocycles. The van der Waals surface area contributed by atoms with Crippen LogP contribution in [0.5, 0.6) is 0 Å².